The van der Waals surface area contributed by atoms with E-state index in [-0.39, 0.29) is 11.8 Å². The highest BCUT2D eigenvalue weighted by atomic mass is 16.2. The summed E-state index contributed by atoms with van der Waals surface area (Å²) in [6, 6.07) is 14.0. The van der Waals surface area contributed by atoms with Gasteiger partial charge in [-0.2, -0.15) is 5.10 Å². The van der Waals surface area contributed by atoms with Crippen LogP contribution in [0.1, 0.15) is 66.2 Å². The van der Waals surface area contributed by atoms with E-state index in [0.717, 1.165) is 54.6 Å². The molecule has 3 aromatic rings. The summed E-state index contributed by atoms with van der Waals surface area (Å²) in [6.07, 6.45) is 2.32. The van der Waals surface area contributed by atoms with Gasteiger partial charge in [0.2, 0.25) is 0 Å². The maximum atomic E-state index is 13.5. The third kappa shape index (κ3) is 4.11. The summed E-state index contributed by atoms with van der Waals surface area (Å²) in [7, 11) is 0. The van der Waals surface area contributed by atoms with Gasteiger partial charge in [0.25, 0.3) is 5.91 Å². The van der Waals surface area contributed by atoms with E-state index in [1.807, 2.05) is 59.0 Å². The number of piperazine rings is 1. The number of hydrogen-bond acceptors (Lipinski definition) is 5. The number of anilines is 1. The Morgan fingerprint density at radius 1 is 1.00 bits per heavy atom. The monoisotopic (exact) mass is 430 g/mol. The Hall–Kier alpha value is -3.22. The van der Waals surface area contributed by atoms with E-state index in [0.29, 0.717) is 24.7 Å². The first kappa shape index (κ1) is 20.7. The molecule has 2 aromatic heterocycles. The van der Waals surface area contributed by atoms with Gasteiger partial charge < -0.3 is 9.80 Å². The van der Waals surface area contributed by atoms with Crippen LogP contribution in [0.3, 0.4) is 0 Å². The molecule has 1 saturated carbocycles. The van der Waals surface area contributed by atoms with E-state index in [1.54, 1.807) is 0 Å². The van der Waals surface area contributed by atoms with Crippen molar-refractivity contribution in [1.29, 1.82) is 0 Å². The smallest absolute Gasteiger partial charge is 0.272 e. The third-order valence-electron chi connectivity index (χ3n) is 6.21. The van der Waals surface area contributed by atoms with Crippen LogP contribution >= 0.6 is 0 Å². The summed E-state index contributed by atoms with van der Waals surface area (Å²) in [4.78, 5) is 27.0. The van der Waals surface area contributed by atoms with Gasteiger partial charge in [0.05, 0.1) is 11.4 Å². The van der Waals surface area contributed by atoms with Gasteiger partial charge in [-0.25, -0.2) is 14.6 Å². The fourth-order valence-electron chi connectivity index (χ4n) is 4.19. The zero-order chi connectivity index (χ0) is 22.2. The fraction of sp³-hybridized carbons (Fsp3) is 0.440. The van der Waals surface area contributed by atoms with Crippen LogP contribution in [0.5, 0.6) is 0 Å². The van der Waals surface area contributed by atoms with Crippen molar-refractivity contribution < 1.29 is 4.79 Å². The molecule has 1 aliphatic heterocycles. The van der Waals surface area contributed by atoms with Crippen molar-refractivity contribution in [1.82, 2.24) is 24.6 Å². The van der Waals surface area contributed by atoms with Gasteiger partial charge in [0.1, 0.15) is 17.3 Å². The molecule has 0 N–H and O–H groups in total. The van der Waals surface area contributed by atoms with Crippen LogP contribution < -0.4 is 4.90 Å². The number of benzene rings is 1. The van der Waals surface area contributed by atoms with Crippen LogP contribution in [0.2, 0.25) is 0 Å². The number of para-hydroxylation sites is 1. The zero-order valence-corrected chi connectivity index (χ0v) is 19.0. The Kier molecular flexibility index (Phi) is 5.41. The maximum Gasteiger partial charge on any atom is 0.272 e. The molecule has 0 atom stereocenters. The lowest BCUT2D eigenvalue weighted by molar-refractivity contribution is 0.0737. The molecule has 5 rings (SSSR count). The first-order valence-corrected chi connectivity index (χ1v) is 11.5. The summed E-state index contributed by atoms with van der Waals surface area (Å²) in [5.41, 5.74) is 3.61. The predicted octanol–water partition coefficient (Wildman–Crippen LogP) is 3.93. The molecule has 3 heterocycles. The third-order valence-corrected chi connectivity index (χ3v) is 6.21. The zero-order valence-electron chi connectivity index (χ0n) is 19.0. The van der Waals surface area contributed by atoms with E-state index in [9.17, 15) is 4.79 Å². The Morgan fingerprint density at radius 3 is 2.38 bits per heavy atom. The molecule has 1 amide bonds. The normalized spacial score (nSPS) is 16.6. The van der Waals surface area contributed by atoms with Crippen molar-refractivity contribution in [2.24, 2.45) is 0 Å². The molecular weight excluding hydrogens is 400 g/mol. The van der Waals surface area contributed by atoms with Crippen molar-refractivity contribution in [2.75, 3.05) is 31.1 Å². The van der Waals surface area contributed by atoms with Gasteiger partial charge in [-0.15, -0.1) is 0 Å². The highest BCUT2D eigenvalue weighted by Gasteiger charge is 2.31. The molecular formula is C25H30N6O. The number of aromatic nitrogens is 4. The fourth-order valence-corrected chi connectivity index (χ4v) is 4.19. The van der Waals surface area contributed by atoms with Crippen LogP contribution in [-0.4, -0.2) is 56.7 Å². The number of hydrogen-bond donors (Lipinski definition) is 0. The predicted molar refractivity (Wildman–Crippen MR) is 125 cm³/mol. The number of aryl methyl sites for hydroxylation is 1. The molecule has 2 fully saturated rings. The van der Waals surface area contributed by atoms with Gasteiger partial charge in [0.15, 0.2) is 0 Å². The second-order valence-electron chi connectivity index (χ2n) is 9.14. The largest absolute Gasteiger partial charge is 0.353 e. The average Bonchev–Trinajstić information content (AvgIpc) is 3.57. The van der Waals surface area contributed by atoms with Crippen LogP contribution in [0.25, 0.3) is 5.69 Å². The minimum absolute atomic E-state index is 0.0506. The summed E-state index contributed by atoms with van der Waals surface area (Å²) in [5, 5.41) is 4.80. The van der Waals surface area contributed by atoms with E-state index in [1.165, 1.54) is 0 Å². The first-order valence-electron chi connectivity index (χ1n) is 11.5. The Bertz CT molecular complexity index is 1110. The van der Waals surface area contributed by atoms with E-state index >= 15 is 0 Å². The molecule has 1 saturated heterocycles. The number of amides is 1. The second kappa shape index (κ2) is 8.37. The molecule has 2 aliphatic rings. The molecule has 0 bridgehead atoms. The highest BCUT2D eigenvalue weighted by molar-refractivity contribution is 5.93. The number of rotatable bonds is 5. The molecule has 1 aromatic carbocycles. The highest BCUT2D eigenvalue weighted by Crippen LogP contribution is 2.40. The van der Waals surface area contributed by atoms with E-state index in [4.69, 9.17) is 10.1 Å². The minimum atomic E-state index is 0.0506. The lowest BCUT2D eigenvalue weighted by atomic mass is 10.2. The van der Waals surface area contributed by atoms with Crippen LogP contribution in [0.15, 0.2) is 42.5 Å². The van der Waals surface area contributed by atoms with Crippen LogP contribution in [0.4, 0.5) is 5.82 Å². The molecule has 7 heteroatoms. The van der Waals surface area contributed by atoms with Crippen LogP contribution in [0, 0.1) is 6.92 Å². The molecule has 166 valence electrons. The van der Waals surface area contributed by atoms with Gasteiger partial charge in [-0.1, -0.05) is 32.0 Å². The number of carbonyl (C=O) groups excluding carboxylic acids is 1. The first-order chi connectivity index (χ1) is 15.5. The Balaban J connectivity index is 1.34. The molecule has 7 nitrogen and oxygen atoms in total. The Labute approximate surface area is 189 Å². The van der Waals surface area contributed by atoms with Crippen molar-refractivity contribution in [3.63, 3.8) is 0 Å². The van der Waals surface area contributed by atoms with Gasteiger partial charge in [-0.3, -0.25) is 4.79 Å². The SMILES string of the molecule is Cc1cc(N2CCN(C(=O)c3cc(C4CC4)nn3-c3ccccc3)CC2)nc(C(C)C)n1. The molecule has 1 aliphatic carbocycles. The topological polar surface area (TPSA) is 67.2 Å². The van der Waals surface area contributed by atoms with Crippen molar-refractivity contribution in [3.05, 3.63) is 65.4 Å². The van der Waals surface area contributed by atoms with Gasteiger partial charge >= 0.3 is 0 Å². The number of carbonyl (C=O) groups is 1. The summed E-state index contributed by atoms with van der Waals surface area (Å²) >= 11 is 0. The lowest BCUT2D eigenvalue weighted by Gasteiger charge is -2.35. The lowest BCUT2D eigenvalue weighted by Crippen LogP contribution is -2.49. The minimum Gasteiger partial charge on any atom is -0.353 e. The van der Waals surface area contributed by atoms with Gasteiger partial charge in [0, 0.05) is 49.8 Å². The van der Waals surface area contributed by atoms with E-state index in [2.05, 4.69) is 23.7 Å². The number of nitrogens with zero attached hydrogens (tertiary/aromatic N) is 6. The summed E-state index contributed by atoms with van der Waals surface area (Å²) < 4.78 is 1.82. The maximum absolute atomic E-state index is 13.5. The molecule has 0 spiro atoms. The molecule has 0 radical (unpaired) electrons. The summed E-state index contributed by atoms with van der Waals surface area (Å²) in [5.74, 6) is 2.67. The van der Waals surface area contributed by atoms with Crippen molar-refractivity contribution >= 4 is 11.7 Å². The molecule has 0 unspecified atom stereocenters. The van der Waals surface area contributed by atoms with Gasteiger partial charge in [-0.05, 0) is 38.0 Å². The quantitative estimate of drug-likeness (QED) is 0.613. The average molecular weight is 431 g/mol. The van der Waals surface area contributed by atoms with E-state index < -0.39 is 0 Å². The standard InChI is InChI=1S/C25H30N6O/c1-17(2)24-26-18(3)15-23(27-24)29-11-13-30(14-12-29)25(32)22-16-21(19-9-10-19)28-31(22)20-7-5-4-6-8-20/h4-8,15-17,19H,9-14H2,1-3H3. The van der Waals surface area contributed by atoms with Crippen molar-refractivity contribution in [2.45, 2.75) is 45.4 Å². The van der Waals surface area contributed by atoms with Crippen LogP contribution in [-0.2, 0) is 0 Å². The van der Waals surface area contributed by atoms with Crippen molar-refractivity contribution in [3.8, 4) is 5.69 Å². The molecule has 32 heavy (non-hydrogen) atoms. The Morgan fingerprint density at radius 2 is 1.72 bits per heavy atom. The second-order valence-corrected chi connectivity index (χ2v) is 9.14. The summed E-state index contributed by atoms with van der Waals surface area (Å²) in [6.45, 7) is 9.08.